The maximum absolute atomic E-state index is 12.0. The topological polar surface area (TPSA) is 81.3 Å². The molecule has 0 radical (unpaired) electrons. The Morgan fingerprint density at radius 3 is 2.70 bits per heavy atom. The van der Waals surface area contributed by atoms with Crippen molar-refractivity contribution in [3.05, 3.63) is 24.0 Å². The summed E-state index contributed by atoms with van der Waals surface area (Å²) < 4.78 is 5.16. The van der Waals surface area contributed by atoms with E-state index < -0.39 is 0 Å². The van der Waals surface area contributed by atoms with Crippen molar-refractivity contribution >= 4 is 12.0 Å². The third-order valence-corrected chi connectivity index (χ3v) is 3.19. The molecule has 2 heterocycles. The molecule has 0 aliphatic carbocycles. The average molecular weight is 276 g/mol. The minimum atomic E-state index is 0.00536. The lowest BCUT2D eigenvalue weighted by atomic mass is 10.1. The summed E-state index contributed by atoms with van der Waals surface area (Å²) in [6.45, 7) is 3.86. The van der Waals surface area contributed by atoms with Gasteiger partial charge in [-0.1, -0.05) is 0 Å². The van der Waals surface area contributed by atoms with E-state index in [-0.39, 0.29) is 11.9 Å². The van der Waals surface area contributed by atoms with Gasteiger partial charge in [-0.05, 0) is 25.8 Å². The Balaban J connectivity index is 1.89. The molecule has 6 nitrogen and oxygen atoms in total. The van der Waals surface area contributed by atoms with Gasteiger partial charge in [-0.3, -0.25) is 4.79 Å². The highest BCUT2D eigenvalue weighted by molar-refractivity contribution is 5.91. The molecule has 1 aromatic heterocycles. The second kappa shape index (κ2) is 7.00. The van der Waals surface area contributed by atoms with Crippen LogP contribution in [0.25, 0.3) is 6.08 Å². The smallest absolute Gasteiger partial charge is 0.316 e. The molecule has 108 valence electrons. The number of amides is 1. The Hall–Kier alpha value is -1.95. The van der Waals surface area contributed by atoms with E-state index in [0.717, 1.165) is 31.5 Å². The maximum Gasteiger partial charge on any atom is 0.316 e. The lowest BCUT2D eigenvalue weighted by Gasteiger charge is -2.29. The summed E-state index contributed by atoms with van der Waals surface area (Å²) in [5.41, 5.74) is 6.59. The van der Waals surface area contributed by atoms with Crippen molar-refractivity contribution in [2.24, 2.45) is 5.73 Å². The second-order valence-electron chi connectivity index (χ2n) is 4.73. The monoisotopic (exact) mass is 276 g/mol. The first-order valence-corrected chi connectivity index (χ1v) is 6.86. The molecule has 1 saturated heterocycles. The fourth-order valence-electron chi connectivity index (χ4n) is 2.01. The highest BCUT2D eigenvalue weighted by Gasteiger charge is 2.18. The van der Waals surface area contributed by atoms with Gasteiger partial charge in [0.1, 0.15) is 0 Å². The molecule has 0 aromatic carbocycles. The molecule has 0 atom stereocenters. The number of aromatic nitrogens is 2. The zero-order chi connectivity index (χ0) is 14.4. The van der Waals surface area contributed by atoms with Gasteiger partial charge in [0, 0.05) is 43.2 Å². The van der Waals surface area contributed by atoms with Crippen LogP contribution in [0, 0.1) is 0 Å². The number of piperidine rings is 1. The number of nitrogens with zero attached hydrogens (tertiary/aromatic N) is 3. The van der Waals surface area contributed by atoms with Crippen LogP contribution in [0.4, 0.5) is 0 Å². The Bertz CT molecular complexity index is 465. The number of carbonyl (C=O) groups is 1. The maximum atomic E-state index is 12.0. The van der Waals surface area contributed by atoms with Crippen molar-refractivity contribution in [3.8, 4) is 6.01 Å². The number of carbonyl (C=O) groups excluding carboxylic acids is 1. The predicted molar refractivity (Wildman–Crippen MR) is 76.0 cm³/mol. The summed E-state index contributed by atoms with van der Waals surface area (Å²) in [5.74, 6) is 0.00536. The van der Waals surface area contributed by atoms with E-state index in [1.807, 2.05) is 11.8 Å². The van der Waals surface area contributed by atoms with Crippen LogP contribution in [0.15, 0.2) is 18.5 Å². The van der Waals surface area contributed by atoms with Crippen molar-refractivity contribution in [1.29, 1.82) is 0 Å². The molecule has 1 fully saturated rings. The third-order valence-electron chi connectivity index (χ3n) is 3.19. The molecule has 0 saturated carbocycles. The van der Waals surface area contributed by atoms with Crippen LogP contribution in [-0.2, 0) is 4.79 Å². The van der Waals surface area contributed by atoms with E-state index in [1.54, 1.807) is 24.5 Å². The van der Waals surface area contributed by atoms with Gasteiger partial charge in [-0.15, -0.1) is 0 Å². The minimum Gasteiger partial charge on any atom is -0.464 e. The van der Waals surface area contributed by atoms with Crippen LogP contribution >= 0.6 is 0 Å². The van der Waals surface area contributed by atoms with E-state index in [2.05, 4.69) is 9.97 Å². The van der Waals surface area contributed by atoms with Gasteiger partial charge >= 0.3 is 6.01 Å². The Morgan fingerprint density at radius 2 is 2.10 bits per heavy atom. The summed E-state index contributed by atoms with van der Waals surface area (Å²) in [4.78, 5) is 21.9. The number of nitrogens with two attached hydrogens (primary N) is 1. The van der Waals surface area contributed by atoms with Crippen LogP contribution in [0.3, 0.4) is 0 Å². The number of hydrogen-bond acceptors (Lipinski definition) is 5. The van der Waals surface area contributed by atoms with Crippen molar-refractivity contribution in [2.75, 3.05) is 19.7 Å². The number of hydrogen-bond donors (Lipinski definition) is 1. The molecule has 2 rings (SSSR count). The van der Waals surface area contributed by atoms with E-state index >= 15 is 0 Å². The average Bonchev–Trinajstić information content (AvgIpc) is 2.47. The van der Waals surface area contributed by atoms with Gasteiger partial charge in [0.2, 0.25) is 5.91 Å². The zero-order valence-corrected chi connectivity index (χ0v) is 11.7. The van der Waals surface area contributed by atoms with Crippen molar-refractivity contribution in [3.63, 3.8) is 0 Å². The molecule has 2 N–H and O–H groups in total. The van der Waals surface area contributed by atoms with E-state index in [4.69, 9.17) is 10.5 Å². The first-order chi connectivity index (χ1) is 9.69. The van der Waals surface area contributed by atoms with E-state index in [9.17, 15) is 4.79 Å². The molecule has 1 aromatic rings. The fourth-order valence-corrected chi connectivity index (χ4v) is 2.01. The summed E-state index contributed by atoms with van der Waals surface area (Å²) in [6.07, 6.45) is 8.27. The number of rotatable bonds is 4. The third kappa shape index (κ3) is 4.03. The van der Waals surface area contributed by atoms with Crippen LogP contribution in [-0.4, -0.2) is 46.5 Å². The first kappa shape index (κ1) is 14.5. The SMILES string of the molecule is CCOc1ncc(/C=C/C(=O)N2CCC(N)CC2)cn1. The molecule has 0 bridgehead atoms. The molecule has 0 unspecified atom stereocenters. The standard InChI is InChI=1S/C14H20N4O2/c1-2-20-14-16-9-11(10-17-14)3-4-13(19)18-7-5-12(15)6-8-18/h3-4,9-10,12H,2,5-8,15H2,1H3/b4-3+. The lowest BCUT2D eigenvalue weighted by Crippen LogP contribution is -2.42. The highest BCUT2D eigenvalue weighted by Crippen LogP contribution is 2.10. The van der Waals surface area contributed by atoms with Gasteiger partial charge in [-0.2, -0.15) is 0 Å². The molecule has 0 spiro atoms. The Labute approximate surface area is 118 Å². The molecule has 1 amide bonds. The summed E-state index contributed by atoms with van der Waals surface area (Å²) in [7, 11) is 0. The van der Waals surface area contributed by atoms with Crippen LogP contribution in [0.5, 0.6) is 6.01 Å². The zero-order valence-electron chi connectivity index (χ0n) is 11.7. The molecule has 6 heteroatoms. The number of ether oxygens (including phenoxy) is 1. The van der Waals surface area contributed by atoms with Gasteiger partial charge in [0.15, 0.2) is 0 Å². The summed E-state index contributed by atoms with van der Waals surface area (Å²) >= 11 is 0. The quantitative estimate of drug-likeness (QED) is 0.824. The van der Waals surface area contributed by atoms with Gasteiger partial charge in [0.05, 0.1) is 6.61 Å². The molecule has 20 heavy (non-hydrogen) atoms. The van der Waals surface area contributed by atoms with Crippen molar-refractivity contribution < 1.29 is 9.53 Å². The van der Waals surface area contributed by atoms with Crippen molar-refractivity contribution in [1.82, 2.24) is 14.9 Å². The van der Waals surface area contributed by atoms with Crippen molar-refractivity contribution in [2.45, 2.75) is 25.8 Å². The Morgan fingerprint density at radius 1 is 1.45 bits per heavy atom. The minimum absolute atomic E-state index is 0.00536. The molecule has 1 aliphatic rings. The van der Waals surface area contributed by atoms with E-state index in [0.29, 0.717) is 12.6 Å². The van der Waals surface area contributed by atoms with Crippen LogP contribution < -0.4 is 10.5 Å². The van der Waals surface area contributed by atoms with Crippen LogP contribution in [0.2, 0.25) is 0 Å². The Kier molecular flexibility index (Phi) is 5.06. The first-order valence-electron chi connectivity index (χ1n) is 6.86. The second-order valence-corrected chi connectivity index (χ2v) is 4.73. The molecular weight excluding hydrogens is 256 g/mol. The van der Waals surface area contributed by atoms with Gasteiger partial charge < -0.3 is 15.4 Å². The number of likely N-dealkylation sites (tertiary alicyclic amines) is 1. The van der Waals surface area contributed by atoms with Gasteiger partial charge in [-0.25, -0.2) is 9.97 Å². The summed E-state index contributed by atoms with van der Waals surface area (Å²) in [6, 6.07) is 0.573. The largest absolute Gasteiger partial charge is 0.464 e. The fraction of sp³-hybridized carbons (Fsp3) is 0.500. The lowest BCUT2D eigenvalue weighted by molar-refractivity contribution is -0.126. The van der Waals surface area contributed by atoms with E-state index in [1.165, 1.54) is 0 Å². The highest BCUT2D eigenvalue weighted by atomic mass is 16.5. The molecule has 1 aliphatic heterocycles. The van der Waals surface area contributed by atoms with Gasteiger partial charge in [0.25, 0.3) is 0 Å². The predicted octanol–water partition coefficient (Wildman–Crippen LogP) is 0.838. The molecular formula is C14H20N4O2. The van der Waals surface area contributed by atoms with Crippen LogP contribution in [0.1, 0.15) is 25.3 Å². The summed E-state index contributed by atoms with van der Waals surface area (Å²) in [5, 5.41) is 0. The normalized spacial score (nSPS) is 16.6.